The first-order valence-corrected chi connectivity index (χ1v) is 7.57. The number of carbonyl (C=O) groups is 3. The van der Waals surface area contributed by atoms with Gasteiger partial charge < -0.3 is 15.0 Å². The number of nitrogens with zero attached hydrogens (tertiary/aromatic N) is 2. The van der Waals surface area contributed by atoms with Crippen LogP contribution in [0.25, 0.3) is 0 Å². The molecule has 0 bridgehead atoms. The average molecular weight is 317 g/mol. The molecule has 1 aromatic carbocycles. The van der Waals surface area contributed by atoms with E-state index in [2.05, 4.69) is 5.32 Å². The van der Waals surface area contributed by atoms with Gasteiger partial charge in [0.1, 0.15) is 12.1 Å². The predicted molar refractivity (Wildman–Crippen MR) is 81.4 cm³/mol. The molecule has 1 atom stereocenters. The Kier molecular flexibility index (Phi) is 4.04. The summed E-state index contributed by atoms with van der Waals surface area (Å²) in [6, 6.07) is 8.48. The van der Waals surface area contributed by atoms with Crippen molar-refractivity contribution in [3.05, 3.63) is 35.9 Å². The maximum absolute atomic E-state index is 12.7. The molecule has 23 heavy (non-hydrogen) atoms. The Hall–Kier alpha value is -2.41. The lowest BCUT2D eigenvalue weighted by Gasteiger charge is -2.28. The van der Waals surface area contributed by atoms with Crippen LogP contribution in [0.15, 0.2) is 30.3 Å². The van der Waals surface area contributed by atoms with Crippen molar-refractivity contribution in [1.82, 2.24) is 15.1 Å². The van der Waals surface area contributed by atoms with Gasteiger partial charge in [0.15, 0.2) is 0 Å². The minimum Gasteiger partial charge on any atom is -0.378 e. The number of benzene rings is 1. The van der Waals surface area contributed by atoms with Crippen LogP contribution in [0, 0.1) is 0 Å². The molecule has 7 heteroatoms. The van der Waals surface area contributed by atoms with Gasteiger partial charge in [0, 0.05) is 13.1 Å². The van der Waals surface area contributed by atoms with Crippen molar-refractivity contribution in [2.75, 3.05) is 32.8 Å². The predicted octanol–water partition coefficient (Wildman–Crippen LogP) is 0.312. The van der Waals surface area contributed by atoms with E-state index in [1.165, 1.54) is 0 Å². The number of amides is 4. The third-order valence-electron chi connectivity index (χ3n) is 4.28. The van der Waals surface area contributed by atoms with Gasteiger partial charge in [0.25, 0.3) is 5.91 Å². The number of urea groups is 1. The van der Waals surface area contributed by atoms with Crippen molar-refractivity contribution in [2.24, 2.45) is 0 Å². The van der Waals surface area contributed by atoms with Crippen LogP contribution in [-0.4, -0.2) is 60.5 Å². The first-order chi connectivity index (χ1) is 11.0. The van der Waals surface area contributed by atoms with Crippen LogP contribution >= 0.6 is 0 Å². The van der Waals surface area contributed by atoms with Crippen molar-refractivity contribution >= 4 is 17.8 Å². The standard InChI is InChI=1S/C16H19N3O4/c1-16(12-5-3-2-4-6-12)14(21)19(15(22)17-16)11-13(20)18-7-9-23-10-8-18/h2-6H,7-11H2,1H3,(H,17,22)/t16-/m1/s1. The van der Waals surface area contributed by atoms with E-state index in [0.29, 0.717) is 31.9 Å². The summed E-state index contributed by atoms with van der Waals surface area (Å²) in [4.78, 5) is 39.8. The number of carbonyl (C=O) groups excluding carboxylic acids is 3. The van der Waals surface area contributed by atoms with E-state index in [0.717, 1.165) is 4.90 Å². The molecule has 2 heterocycles. The molecule has 2 aliphatic heterocycles. The highest BCUT2D eigenvalue weighted by molar-refractivity contribution is 6.09. The SMILES string of the molecule is C[C@]1(c2ccccc2)NC(=O)N(CC(=O)N2CCOCC2)C1=O. The highest BCUT2D eigenvalue weighted by Crippen LogP contribution is 2.28. The van der Waals surface area contributed by atoms with Gasteiger partial charge in [-0.25, -0.2) is 4.79 Å². The lowest BCUT2D eigenvalue weighted by atomic mass is 9.92. The average Bonchev–Trinajstić information content (AvgIpc) is 2.81. The fourth-order valence-electron chi connectivity index (χ4n) is 2.86. The first kappa shape index (κ1) is 15.5. The molecule has 0 unspecified atom stereocenters. The molecule has 0 spiro atoms. The Morgan fingerprint density at radius 2 is 1.87 bits per heavy atom. The van der Waals surface area contributed by atoms with Crippen molar-refractivity contribution in [3.63, 3.8) is 0 Å². The number of morpholine rings is 1. The van der Waals surface area contributed by atoms with E-state index in [1.54, 1.807) is 24.0 Å². The number of rotatable bonds is 3. The molecule has 4 amide bonds. The molecular formula is C16H19N3O4. The topological polar surface area (TPSA) is 79.0 Å². The molecule has 2 aliphatic rings. The van der Waals surface area contributed by atoms with E-state index in [-0.39, 0.29) is 12.5 Å². The Balaban J connectivity index is 1.75. The summed E-state index contributed by atoms with van der Waals surface area (Å²) in [6.07, 6.45) is 0. The fraction of sp³-hybridized carbons (Fsp3) is 0.438. The second-order valence-electron chi connectivity index (χ2n) is 5.81. The second-order valence-corrected chi connectivity index (χ2v) is 5.81. The summed E-state index contributed by atoms with van der Waals surface area (Å²) in [5, 5.41) is 2.70. The highest BCUT2D eigenvalue weighted by Gasteiger charge is 2.49. The number of hydrogen-bond donors (Lipinski definition) is 1. The summed E-state index contributed by atoms with van der Waals surface area (Å²) in [7, 11) is 0. The molecule has 0 aliphatic carbocycles. The summed E-state index contributed by atoms with van der Waals surface area (Å²) in [5.41, 5.74) is -0.441. The van der Waals surface area contributed by atoms with Gasteiger partial charge in [0.05, 0.1) is 13.2 Å². The molecule has 1 N–H and O–H groups in total. The number of imide groups is 1. The Morgan fingerprint density at radius 3 is 2.52 bits per heavy atom. The zero-order valence-electron chi connectivity index (χ0n) is 12.9. The van der Waals surface area contributed by atoms with E-state index < -0.39 is 17.5 Å². The number of hydrogen-bond acceptors (Lipinski definition) is 4. The molecular weight excluding hydrogens is 298 g/mol. The largest absolute Gasteiger partial charge is 0.378 e. The molecule has 0 radical (unpaired) electrons. The molecule has 2 fully saturated rings. The molecule has 0 saturated carbocycles. The van der Waals surface area contributed by atoms with Crippen LogP contribution in [-0.2, 0) is 19.9 Å². The van der Waals surface area contributed by atoms with Gasteiger partial charge in [-0.1, -0.05) is 30.3 Å². The van der Waals surface area contributed by atoms with Crippen molar-refractivity contribution < 1.29 is 19.1 Å². The maximum Gasteiger partial charge on any atom is 0.325 e. The van der Waals surface area contributed by atoms with E-state index in [1.807, 2.05) is 18.2 Å². The van der Waals surface area contributed by atoms with Gasteiger partial charge in [-0.05, 0) is 12.5 Å². The van der Waals surface area contributed by atoms with E-state index >= 15 is 0 Å². The van der Waals surface area contributed by atoms with Gasteiger partial charge in [0.2, 0.25) is 5.91 Å². The van der Waals surface area contributed by atoms with E-state index in [9.17, 15) is 14.4 Å². The van der Waals surface area contributed by atoms with Crippen molar-refractivity contribution in [2.45, 2.75) is 12.5 Å². The van der Waals surface area contributed by atoms with Crippen LogP contribution in [0.2, 0.25) is 0 Å². The molecule has 1 aromatic rings. The summed E-state index contributed by atoms with van der Waals surface area (Å²) >= 11 is 0. The Morgan fingerprint density at radius 1 is 1.22 bits per heavy atom. The Bertz CT molecular complexity index is 627. The highest BCUT2D eigenvalue weighted by atomic mass is 16.5. The van der Waals surface area contributed by atoms with Gasteiger partial charge >= 0.3 is 6.03 Å². The lowest BCUT2D eigenvalue weighted by molar-refractivity contribution is -0.141. The Labute approximate surface area is 134 Å². The van der Waals surface area contributed by atoms with Crippen LogP contribution in [0.1, 0.15) is 12.5 Å². The smallest absolute Gasteiger partial charge is 0.325 e. The zero-order valence-corrected chi connectivity index (χ0v) is 12.9. The lowest BCUT2D eigenvalue weighted by Crippen LogP contribution is -2.47. The monoisotopic (exact) mass is 317 g/mol. The van der Waals surface area contributed by atoms with Gasteiger partial charge in [-0.15, -0.1) is 0 Å². The van der Waals surface area contributed by atoms with Gasteiger partial charge in [-0.3, -0.25) is 14.5 Å². The van der Waals surface area contributed by atoms with Crippen LogP contribution < -0.4 is 5.32 Å². The summed E-state index contributed by atoms with van der Waals surface area (Å²) in [5.74, 6) is -0.649. The molecule has 122 valence electrons. The number of nitrogens with one attached hydrogen (secondary N) is 1. The van der Waals surface area contributed by atoms with Crippen molar-refractivity contribution in [1.29, 1.82) is 0 Å². The van der Waals surface area contributed by atoms with Crippen molar-refractivity contribution in [3.8, 4) is 0 Å². The minimum atomic E-state index is -1.14. The summed E-state index contributed by atoms with van der Waals surface area (Å²) in [6.45, 7) is 3.34. The quantitative estimate of drug-likeness (QED) is 0.814. The van der Waals surface area contributed by atoms with Crippen LogP contribution in [0.5, 0.6) is 0 Å². The van der Waals surface area contributed by atoms with Crippen LogP contribution in [0.3, 0.4) is 0 Å². The zero-order chi connectivity index (χ0) is 16.4. The molecule has 2 saturated heterocycles. The van der Waals surface area contributed by atoms with Gasteiger partial charge in [-0.2, -0.15) is 0 Å². The number of ether oxygens (including phenoxy) is 1. The molecule has 0 aromatic heterocycles. The fourth-order valence-corrected chi connectivity index (χ4v) is 2.86. The van der Waals surface area contributed by atoms with E-state index in [4.69, 9.17) is 4.74 Å². The third kappa shape index (κ3) is 2.79. The normalized spacial score (nSPS) is 24.7. The second kappa shape index (κ2) is 6.00. The first-order valence-electron chi connectivity index (χ1n) is 7.57. The molecule has 3 rings (SSSR count). The summed E-state index contributed by atoms with van der Waals surface area (Å²) < 4.78 is 5.20. The maximum atomic E-state index is 12.7. The third-order valence-corrected chi connectivity index (χ3v) is 4.28. The minimum absolute atomic E-state index is 0.242. The van der Waals surface area contributed by atoms with Crippen LogP contribution in [0.4, 0.5) is 4.79 Å². The molecule has 7 nitrogen and oxygen atoms in total.